The number of hydrogen-bond acceptors (Lipinski definition) is 3. The standard InChI is InChI=1S/C14H20ClNO2S/c1-16-13(10-11-5-4-6-12(15)9-11)14-7-2-3-8-19(14,17)18/h4-6,9,13-14,16H,2-3,7-8,10H2,1H3. The Morgan fingerprint density at radius 3 is 2.84 bits per heavy atom. The zero-order chi connectivity index (χ0) is 13.9. The van der Waals surface area contributed by atoms with Crippen molar-refractivity contribution in [1.82, 2.24) is 5.32 Å². The number of halogens is 1. The molecule has 2 rings (SSSR count). The summed E-state index contributed by atoms with van der Waals surface area (Å²) in [6.07, 6.45) is 3.25. The Kier molecular flexibility index (Phi) is 4.87. The number of benzene rings is 1. The Labute approximate surface area is 120 Å². The molecule has 19 heavy (non-hydrogen) atoms. The minimum absolute atomic E-state index is 0.0382. The Balaban J connectivity index is 2.16. The van der Waals surface area contributed by atoms with Crippen molar-refractivity contribution in [2.24, 2.45) is 0 Å². The van der Waals surface area contributed by atoms with E-state index in [0.717, 1.165) is 24.8 Å². The van der Waals surface area contributed by atoms with Crippen LogP contribution in [-0.2, 0) is 16.3 Å². The molecule has 1 aromatic carbocycles. The van der Waals surface area contributed by atoms with Crippen LogP contribution in [0.25, 0.3) is 0 Å². The molecule has 3 nitrogen and oxygen atoms in total. The number of likely N-dealkylation sites (N-methyl/N-ethyl adjacent to an activating group) is 1. The summed E-state index contributed by atoms with van der Waals surface area (Å²) in [6.45, 7) is 0. The van der Waals surface area contributed by atoms with Crippen molar-refractivity contribution in [3.8, 4) is 0 Å². The zero-order valence-electron chi connectivity index (χ0n) is 11.1. The number of rotatable bonds is 4. The molecule has 0 aromatic heterocycles. The van der Waals surface area contributed by atoms with Crippen LogP contribution in [0.15, 0.2) is 24.3 Å². The van der Waals surface area contributed by atoms with Crippen molar-refractivity contribution < 1.29 is 8.42 Å². The lowest BCUT2D eigenvalue weighted by Gasteiger charge is -2.30. The molecule has 0 radical (unpaired) electrons. The molecule has 1 aromatic rings. The van der Waals surface area contributed by atoms with Crippen LogP contribution < -0.4 is 5.32 Å². The van der Waals surface area contributed by atoms with Crippen molar-refractivity contribution in [2.75, 3.05) is 12.8 Å². The largest absolute Gasteiger partial charge is 0.315 e. The van der Waals surface area contributed by atoms with E-state index in [0.29, 0.717) is 17.2 Å². The van der Waals surface area contributed by atoms with Gasteiger partial charge in [-0.3, -0.25) is 0 Å². The monoisotopic (exact) mass is 301 g/mol. The first-order chi connectivity index (χ1) is 9.03. The molecule has 106 valence electrons. The van der Waals surface area contributed by atoms with Crippen molar-refractivity contribution in [3.05, 3.63) is 34.9 Å². The minimum atomic E-state index is -2.96. The highest BCUT2D eigenvalue weighted by Gasteiger charge is 2.34. The quantitative estimate of drug-likeness (QED) is 0.929. The summed E-state index contributed by atoms with van der Waals surface area (Å²) >= 11 is 5.97. The third-order valence-corrected chi connectivity index (χ3v) is 6.37. The van der Waals surface area contributed by atoms with E-state index in [1.165, 1.54) is 0 Å². The fraction of sp³-hybridized carbons (Fsp3) is 0.571. The molecule has 2 atom stereocenters. The molecule has 1 saturated heterocycles. The summed E-state index contributed by atoms with van der Waals surface area (Å²) < 4.78 is 24.3. The Morgan fingerprint density at radius 2 is 2.21 bits per heavy atom. The molecular formula is C14H20ClNO2S. The summed E-state index contributed by atoms with van der Waals surface area (Å²) in [7, 11) is -1.13. The smallest absolute Gasteiger partial charge is 0.154 e. The maximum Gasteiger partial charge on any atom is 0.154 e. The van der Waals surface area contributed by atoms with Gasteiger partial charge in [0.2, 0.25) is 0 Å². The molecular weight excluding hydrogens is 282 g/mol. The summed E-state index contributed by atoms with van der Waals surface area (Å²) in [4.78, 5) is 0. The van der Waals surface area contributed by atoms with Gasteiger partial charge in [0.05, 0.1) is 11.0 Å². The van der Waals surface area contributed by atoms with Crippen LogP contribution >= 0.6 is 11.6 Å². The van der Waals surface area contributed by atoms with E-state index in [-0.39, 0.29) is 11.3 Å². The summed E-state index contributed by atoms with van der Waals surface area (Å²) in [5.41, 5.74) is 1.08. The lowest BCUT2D eigenvalue weighted by atomic mass is 10.00. The molecule has 1 aliphatic heterocycles. The highest BCUT2D eigenvalue weighted by molar-refractivity contribution is 7.92. The first kappa shape index (κ1) is 14.8. The maximum atomic E-state index is 12.2. The van der Waals surface area contributed by atoms with Gasteiger partial charge in [0.1, 0.15) is 0 Å². The molecule has 1 N–H and O–H groups in total. The van der Waals surface area contributed by atoms with E-state index in [2.05, 4.69) is 5.32 Å². The van der Waals surface area contributed by atoms with Crippen molar-refractivity contribution in [2.45, 2.75) is 37.0 Å². The van der Waals surface area contributed by atoms with Gasteiger partial charge >= 0.3 is 0 Å². The average Bonchev–Trinajstić information content (AvgIpc) is 2.36. The van der Waals surface area contributed by atoms with Crippen LogP contribution in [0, 0.1) is 0 Å². The maximum absolute atomic E-state index is 12.2. The van der Waals surface area contributed by atoms with Gasteiger partial charge in [-0.15, -0.1) is 0 Å². The molecule has 0 aliphatic carbocycles. The predicted molar refractivity (Wildman–Crippen MR) is 79.4 cm³/mol. The molecule has 0 saturated carbocycles. The summed E-state index contributed by atoms with van der Waals surface area (Å²) in [5.74, 6) is 0.325. The van der Waals surface area contributed by atoms with Crippen LogP contribution in [0.2, 0.25) is 5.02 Å². The fourth-order valence-corrected chi connectivity index (χ4v) is 5.15. The SMILES string of the molecule is CNC(Cc1cccc(Cl)c1)C1CCCCS1(=O)=O. The normalized spacial score (nSPS) is 24.0. The van der Waals surface area contributed by atoms with Gasteiger partial charge in [0, 0.05) is 11.1 Å². The average molecular weight is 302 g/mol. The molecule has 5 heteroatoms. The lowest BCUT2D eigenvalue weighted by molar-refractivity contribution is 0.456. The number of sulfone groups is 1. The Morgan fingerprint density at radius 1 is 1.42 bits per heavy atom. The fourth-order valence-electron chi connectivity index (χ4n) is 2.77. The highest BCUT2D eigenvalue weighted by atomic mass is 35.5. The third-order valence-electron chi connectivity index (χ3n) is 3.79. The predicted octanol–water partition coefficient (Wildman–Crippen LogP) is 2.44. The van der Waals surface area contributed by atoms with Crippen LogP contribution in [0.1, 0.15) is 24.8 Å². The Hall–Kier alpha value is -0.580. The number of hydrogen-bond donors (Lipinski definition) is 1. The van der Waals surface area contributed by atoms with Gasteiger partial charge in [0.25, 0.3) is 0 Å². The van der Waals surface area contributed by atoms with Crippen molar-refractivity contribution >= 4 is 21.4 Å². The molecule has 0 amide bonds. The van der Waals surface area contributed by atoms with E-state index >= 15 is 0 Å². The van der Waals surface area contributed by atoms with Crippen LogP contribution in [0.5, 0.6) is 0 Å². The zero-order valence-corrected chi connectivity index (χ0v) is 12.7. The Bertz CT molecular complexity index is 530. The number of nitrogens with one attached hydrogen (secondary N) is 1. The van der Waals surface area contributed by atoms with Gasteiger partial charge in [-0.2, -0.15) is 0 Å². The van der Waals surface area contributed by atoms with Gasteiger partial charge in [-0.1, -0.05) is 30.2 Å². The first-order valence-electron chi connectivity index (χ1n) is 6.66. The molecule has 0 bridgehead atoms. The molecule has 1 fully saturated rings. The van der Waals surface area contributed by atoms with E-state index in [1.54, 1.807) is 0 Å². The summed E-state index contributed by atoms with van der Waals surface area (Å²) in [5, 5.41) is 3.59. The molecule has 1 aliphatic rings. The first-order valence-corrected chi connectivity index (χ1v) is 8.75. The van der Waals surface area contributed by atoms with Gasteiger partial charge in [-0.05, 0) is 44.0 Å². The molecule has 1 heterocycles. The van der Waals surface area contributed by atoms with Crippen LogP contribution in [0.3, 0.4) is 0 Å². The van der Waals surface area contributed by atoms with Gasteiger partial charge in [-0.25, -0.2) is 8.42 Å². The van der Waals surface area contributed by atoms with Crippen molar-refractivity contribution in [1.29, 1.82) is 0 Å². The minimum Gasteiger partial charge on any atom is -0.315 e. The molecule has 0 spiro atoms. The van der Waals surface area contributed by atoms with Crippen LogP contribution in [-0.4, -0.2) is 32.5 Å². The second kappa shape index (κ2) is 6.25. The topological polar surface area (TPSA) is 46.2 Å². The highest BCUT2D eigenvalue weighted by Crippen LogP contribution is 2.24. The summed E-state index contributed by atoms with van der Waals surface area (Å²) in [6, 6.07) is 7.59. The van der Waals surface area contributed by atoms with E-state index < -0.39 is 9.84 Å². The van der Waals surface area contributed by atoms with E-state index in [9.17, 15) is 8.42 Å². The van der Waals surface area contributed by atoms with E-state index in [4.69, 9.17) is 11.6 Å². The van der Waals surface area contributed by atoms with Crippen LogP contribution in [0.4, 0.5) is 0 Å². The second-order valence-electron chi connectivity index (χ2n) is 5.13. The third kappa shape index (κ3) is 3.71. The molecule has 2 unspecified atom stereocenters. The van der Waals surface area contributed by atoms with Gasteiger partial charge in [0.15, 0.2) is 9.84 Å². The lowest BCUT2D eigenvalue weighted by Crippen LogP contribution is -2.46. The van der Waals surface area contributed by atoms with Crippen molar-refractivity contribution in [3.63, 3.8) is 0 Å². The van der Waals surface area contributed by atoms with Gasteiger partial charge < -0.3 is 5.32 Å². The second-order valence-corrected chi connectivity index (χ2v) is 7.91. The van der Waals surface area contributed by atoms with E-state index in [1.807, 2.05) is 31.3 Å².